The highest BCUT2D eigenvalue weighted by molar-refractivity contribution is 5.96. The minimum absolute atomic E-state index is 0.0678. The highest BCUT2D eigenvalue weighted by Gasteiger charge is 2.26. The Balaban J connectivity index is 0.000000436. The topological polar surface area (TPSA) is 117 Å². The predicted octanol–water partition coefficient (Wildman–Crippen LogP) is 3.74. The standard InChI is InChI=1S/2C8H13NO.C7H14N2O2/c2*1-8(9-7-10)5-3-2-4-6-8;1-3-8-6(10)5-7(11)9-4-2/h2*2-6H2,1H3;3-5H2,1-2H3,(H,8,10)(H,9,11). The second-order valence-electron chi connectivity index (χ2n) is 8.61. The van der Waals surface area contributed by atoms with Crippen molar-refractivity contribution in [1.29, 1.82) is 0 Å². The maximum Gasteiger partial charge on any atom is 0.235 e. The lowest BCUT2D eigenvalue weighted by Crippen LogP contribution is -2.31. The van der Waals surface area contributed by atoms with Gasteiger partial charge in [0.25, 0.3) is 0 Å². The molecule has 0 aliphatic heterocycles. The lowest BCUT2D eigenvalue weighted by molar-refractivity contribution is -0.129. The summed E-state index contributed by atoms with van der Waals surface area (Å²) in [6.07, 6.45) is 14.9. The number of carbonyl (C=O) groups is 2. The van der Waals surface area contributed by atoms with Crippen molar-refractivity contribution >= 4 is 24.0 Å². The first kappa shape index (κ1) is 28.7. The summed E-state index contributed by atoms with van der Waals surface area (Å²) in [7, 11) is 0. The number of nitrogens with zero attached hydrogens (tertiary/aromatic N) is 2. The van der Waals surface area contributed by atoms with E-state index in [0.29, 0.717) is 13.1 Å². The van der Waals surface area contributed by atoms with Gasteiger partial charge in [0.05, 0.1) is 11.1 Å². The largest absolute Gasteiger partial charge is 0.356 e. The highest BCUT2D eigenvalue weighted by Crippen LogP contribution is 2.31. The van der Waals surface area contributed by atoms with E-state index in [9.17, 15) is 19.2 Å². The molecule has 2 N–H and O–H groups in total. The molecular weight excluding hydrogens is 396 g/mol. The zero-order chi connectivity index (χ0) is 23.6. The van der Waals surface area contributed by atoms with E-state index in [1.54, 1.807) is 12.2 Å². The van der Waals surface area contributed by atoms with Crippen molar-refractivity contribution in [2.75, 3.05) is 13.1 Å². The maximum absolute atomic E-state index is 10.8. The summed E-state index contributed by atoms with van der Waals surface area (Å²) in [6.45, 7) is 8.84. The Bertz CT molecular complexity index is 571. The Morgan fingerprint density at radius 1 is 0.710 bits per heavy atom. The molecule has 0 aromatic carbocycles. The summed E-state index contributed by atoms with van der Waals surface area (Å²) in [4.78, 5) is 49.1. The molecule has 0 aromatic heterocycles. The number of carbonyl (C=O) groups excluding carboxylic acids is 4. The third-order valence-corrected chi connectivity index (χ3v) is 5.56. The van der Waals surface area contributed by atoms with Crippen molar-refractivity contribution in [1.82, 2.24) is 10.6 Å². The molecule has 0 spiro atoms. The van der Waals surface area contributed by atoms with E-state index in [0.717, 1.165) is 25.7 Å². The molecule has 2 amide bonds. The van der Waals surface area contributed by atoms with Gasteiger partial charge >= 0.3 is 0 Å². The minimum atomic E-state index is -0.224. The van der Waals surface area contributed by atoms with Crippen molar-refractivity contribution in [3.8, 4) is 0 Å². The smallest absolute Gasteiger partial charge is 0.235 e. The maximum atomic E-state index is 10.8. The third kappa shape index (κ3) is 14.4. The summed E-state index contributed by atoms with van der Waals surface area (Å²) in [5, 5.41) is 5.07. The highest BCUT2D eigenvalue weighted by atomic mass is 16.2. The van der Waals surface area contributed by atoms with Crippen molar-refractivity contribution in [2.24, 2.45) is 9.98 Å². The number of amides is 2. The molecular formula is C23H40N4O4. The van der Waals surface area contributed by atoms with Gasteiger partial charge < -0.3 is 10.6 Å². The van der Waals surface area contributed by atoms with Crippen LogP contribution >= 0.6 is 0 Å². The average molecular weight is 437 g/mol. The van der Waals surface area contributed by atoms with Crippen LogP contribution < -0.4 is 10.6 Å². The fourth-order valence-electron chi connectivity index (χ4n) is 3.74. The summed E-state index contributed by atoms with van der Waals surface area (Å²) in [5.41, 5.74) is -0.139. The van der Waals surface area contributed by atoms with Crippen LogP contribution in [0.25, 0.3) is 0 Å². The average Bonchev–Trinajstić information content (AvgIpc) is 2.70. The number of rotatable bonds is 6. The van der Waals surface area contributed by atoms with Crippen LogP contribution in [-0.4, -0.2) is 48.1 Å². The van der Waals surface area contributed by atoms with Gasteiger partial charge in [-0.05, 0) is 53.4 Å². The molecule has 2 fully saturated rings. The zero-order valence-corrected chi connectivity index (χ0v) is 19.7. The molecule has 0 saturated heterocycles. The van der Waals surface area contributed by atoms with Crippen LogP contribution in [0.4, 0.5) is 0 Å². The van der Waals surface area contributed by atoms with E-state index < -0.39 is 0 Å². The van der Waals surface area contributed by atoms with Gasteiger partial charge in [0.2, 0.25) is 24.0 Å². The molecule has 31 heavy (non-hydrogen) atoms. The van der Waals surface area contributed by atoms with Gasteiger partial charge in [0.1, 0.15) is 6.42 Å². The van der Waals surface area contributed by atoms with Crippen LogP contribution in [0.3, 0.4) is 0 Å². The van der Waals surface area contributed by atoms with Crippen molar-refractivity contribution in [2.45, 2.75) is 109 Å². The predicted molar refractivity (Wildman–Crippen MR) is 121 cm³/mol. The van der Waals surface area contributed by atoms with E-state index >= 15 is 0 Å². The molecule has 0 atom stereocenters. The normalized spacial score (nSPS) is 18.2. The van der Waals surface area contributed by atoms with E-state index in [-0.39, 0.29) is 29.3 Å². The number of isocyanates is 2. The van der Waals surface area contributed by atoms with Crippen molar-refractivity contribution in [3.63, 3.8) is 0 Å². The van der Waals surface area contributed by atoms with Gasteiger partial charge in [-0.2, -0.15) is 9.98 Å². The summed E-state index contributed by atoms with van der Waals surface area (Å²) in [5.74, 6) is -0.447. The summed E-state index contributed by atoms with van der Waals surface area (Å²) >= 11 is 0. The van der Waals surface area contributed by atoms with E-state index in [4.69, 9.17) is 0 Å². The molecule has 2 rings (SSSR count). The lowest BCUT2D eigenvalue weighted by atomic mass is 9.84. The van der Waals surface area contributed by atoms with Crippen molar-refractivity contribution in [3.05, 3.63) is 0 Å². The van der Waals surface area contributed by atoms with E-state index in [1.165, 1.54) is 38.5 Å². The van der Waals surface area contributed by atoms with Crippen molar-refractivity contribution < 1.29 is 19.2 Å². The third-order valence-electron chi connectivity index (χ3n) is 5.56. The van der Waals surface area contributed by atoms with Gasteiger partial charge in [-0.25, -0.2) is 9.59 Å². The molecule has 2 saturated carbocycles. The van der Waals surface area contributed by atoms with Crippen LogP contribution in [0.2, 0.25) is 0 Å². The fraction of sp³-hybridized carbons (Fsp3) is 0.826. The minimum Gasteiger partial charge on any atom is -0.356 e. The quantitative estimate of drug-likeness (QED) is 0.375. The fourth-order valence-corrected chi connectivity index (χ4v) is 3.74. The number of nitrogens with one attached hydrogen (secondary N) is 2. The Hall–Kier alpha value is -2.30. The number of aliphatic imine (C=N–C) groups is 2. The molecule has 0 radical (unpaired) electrons. The molecule has 2 aliphatic carbocycles. The van der Waals surface area contributed by atoms with E-state index in [2.05, 4.69) is 20.6 Å². The van der Waals surface area contributed by atoms with Gasteiger partial charge in [0.15, 0.2) is 0 Å². The molecule has 8 heteroatoms. The lowest BCUT2D eigenvalue weighted by Gasteiger charge is -2.27. The van der Waals surface area contributed by atoms with Gasteiger partial charge in [0, 0.05) is 13.1 Å². The van der Waals surface area contributed by atoms with Gasteiger partial charge in [-0.15, -0.1) is 0 Å². The van der Waals surface area contributed by atoms with Gasteiger partial charge in [-0.1, -0.05) is 38.5 Å². The Kier molecular flexibility index (Phi) is 15.2. The summed E-state index contributed by atoms with van der Waals surface area (Å²) < 4.78 is 0. The molecule has 0 heterocycles. The van der Waals surface area contributed by atoms with Crippen LogP contribution in [-0.2, 0) is 19.2 Å². The summed E-state index contributed by atoms with van der Waals surface area (Å²) in [6, 6.07) is 0. The molecule has 0 bridgehead atoms. The van der Waals surface area contributed by atoms with Crippen LogP contribution in [0.5, 0.6) is 0 Å². The number of hydrogen-bond donors (Lipinski definition) is 2. The first-order chi connectivity index (χ1) is 14.7. The monoisotopic (exact) mass is 436 g/mol. The van der Waals surface area contributed by atoms with Crippen LogP contribution in [0.1, 0.15) is 98.3 Å². The second-order valence-corrected chi connectivity index (χ2v) is 8.61. The molecule has 176 valence electrons. The second kappa shape index (κ2) is 16.4. The molecule has 0 unspecified atom stereocenters. The zero-order valence-electron chi connectivity index (χ0n) is 19.7. The Morgan fingerprint density at radius 2 is 1.03 bits per heavy atom. The van der Waals surface area contributed by atoms with Crippen LogP contribution in [0.15, 0.2) is 9.98 Å². The van der Waals surface area contributed by atoms with E-state index in [1.807, 2.05) is 27.7 Å². The Morgan fingerprint density at radius 3 is 1.29 bits per heavy atom. The SMILES string of the molecule is CC1(N=C=O)CCCCC1.CC1(N=C=O)CCCCC1.CCNC(=O)CC(=O)NCC. The molecule has 2 aliphatic rings. The number of hydrogen-bond acceptors (Lipinski definition) is 6. The molecule has 0 aromatic rings. The molecule has 8 nitrogen and oxygen atoms in total. The first-order valence-corrected chi connectivity index (χ1v) is 11.5. The van der Waals surface area contributed by atoms with Crippen LogP contribution in [0, 0.1) is 0 Å². The first-order valence-electron chi connectivity index (χ1n) is 11.5. The van der Waals surface area contributed by atoms with Gasteiger partial charge in [-0.3, -0.25) is 9.59 Å². The Labute approximate surface area is 186 Å².